The Morgan fingerprint density at radius 2 is 2.19 bits per heavy atom. The normalized spacial score (nSPS) is 15.4. The Morgan fingerprint density at radius 1 is 1.33 bits per heavy atom. The summed E-state index contributed by atoms with van der Waals surface area (Å²) in [5, 5.41) is 21.5. The second-order valence-electron chi connectivity index (χ2n) is 8.51. The number of aliphatic hydroxyl groups is 1. The van der Waals surface area contributed by atoms with Crippen LogP contribution >= 0.6 is 11.6 Å². The van der Waals surface area contributed by atoms with Crippen LogP contribution < -0.4 is 10.1 Å². The van der Waals surface area contributed by atoms with Gasteiger partial charge in [-0.05, 0) is 30.7 Å². The molecule has 1 aliphatic rings. The van der Waals surface area contributed by atoms with Gasteiger partial charge in [0.2, 0.25) is 5.91 Å². The number of nitrogens with zero attached hydrogens (tertiary/aromatic N) is 6. The van der Waals surface area contributed by atoms with Gasteiger partial charge in [-0.1, -0.05) is 11.6 Å². The molecule has 186 valence electrons. The number of rotatable bonds is 7. The Morgan fingerprint density at radius 3 is 2.97 bits per heavy atom. The number of halogens is 1. The van der Waals surface area contributed by atoms with Crippen LogP contribution in [0.3, 0.4) is 0 Å². The summed E-state index contributed by atoms with van der Waals surface area (Å²) in [5.74, 6) is 0.0477. The molecule has 0 radical (unpaired) electrons. The van der Waals surface area contributed by atoms with Crippen LogP contribution in [0.4, 0.5) is 5.69 Å². The van der Waals surface area contributed by atoms with Crippen molar-refractivity contribution in [2.45, 2.75) is 13.0 Å². The Labute approximate surface area is 211 Å². The first-order valence-electron chi connectivity index (χ1n) is 11.4. The lowest BCUT2D eigenvalue weighted by Gasteiger charge is -2.16. The van der Waals surface area contributed by atoms with Gasteiger partial charge in [0, 0.05) is 54.8 Å². The van der Waals surface area contributed by atoms with E-state index in [9.17, 15) is 14.7 Å². The number of aromatic nitrogens is 5. The van der Waals surface area contributed by atoms with Crippen LogP contribution in [0.1, 0.15) is 16.8 Å². The fourth-order valence-corrected chi connectivity index (χ4v) is 4.45. The average molecular weight is 510 g/mol. The summed E-state index contributed by atoms with van der Waals surface area (Å²) in [7, 11) is 1.53. The van der Waals surface area contributed by atoms with Crippen LogP contribution in [0.5, 0.6) is 5.75 Å². The number of benzene rings is 1. The molecular formula is C24H24ClN7O4. The van der Waals surface area contributed by atoms with Gasteiger partial charge in [-0.3, -0.25) is 14.3 Å². The van der Waals surface area contributed by atoms with Crippen molar-refractivity contribution in [3.05, 3.63) is 59.6 Å². The molecule has 0 bridgehead atoms. The van der Waals surface area contributed by atoms with E-state index in [2.05, 4.69) is 20.5 Å². The van der Waals surface area contributed by atoms with Gasteiger partial charge in [0.15, 0.2) is 5.65 Å². The van der Waals surface area contributed by atoms with Gasteiger partial charge in [-0.2, -0.15) is 10.2 Å². The molecule has 11 nitrogen and oxygen atoms in total. The van der Waals surface area contributed by atoms with Gasteiger partial charge in [0.05, 0.1) is 19.0 Å². The summed E-state index contributed by atoms with van der Waals surface area (Å²) in [4.78, 5) is 32.1. The molecule has 36 heavy (non-hydrogen) atoms. The molecule has 1 aliphatic heterocycles. The summed E-state index contributed by atoms with van der Waals surface area (Å²) in [6.07, 6.45) is 7.09. The molecule has 2 N–H and O–H groups in total. The minimum atomic E-state index is -0.429. The first kappa shape index (κ1) is 23.8. The fraction of sp³-hybridized carbons (Fsp3) is 0.292. The van der Waals surface area contributed by atoms with Gasteiger partial charge < -0.3 is 20.1 Å². The number of hydrogen-bond acceptors (Lipinski definition) is 7. The number of ether oxygens (including phenoxy) is 1. The van der Waals surface area contributed by atoms with Crippen molar-refractivity contribution in [2.24, 2.45) is 5.92 Å². The number of fused-ring (bicyclic) bond motifs is 1. The third kappa shape index (κ3) is 4.62. The number of carbonyl (C=O) groups excluding carboxylic acids is 2. The maximum absolute atomic E-state index is 13.2. The quantitative estimate of drug-likeness (QED) is 0.391. The van der Waals surface area contributed by atoms with E-state index in [0.717, 1.165) is 6.42 Å². The zero-order valence-corrected chi connectivity index (χ0v) is 20.2. The number of amides is 2. The van der Waals surface area contributed by atoms with Crippen molar-refractivity contribution < 1.29 is 19.4 Å². The molecule has 1 fully saturated rings. The summed E-state index contributed by atoms with van der Waals surface area (Å²) in [6.45, 7) is 1.13. The highest BCUT2D eigenvalue weighted by Crippen LogP contribution is 2.36. The second-order valence-corrected chi connectivity index (χ2v) is 8.95. The largest absolute Gasteiger partial charge is 0.496 e. The molecule has 0 spiro atoms. The van der Waals surface area contributed by atoms with Gasteiger partial charge in [-0.25, -0.2) is 9.50 Å². The lowest BCUT2D eigenvalue weighted by molar-refractivity contribution is -0.131. The first-order valence-corrected chi connectivity index (χ1v) is 11.7. The molecule has 4 aromatic rings. The Bertz CT molecular complexity index is 1430. The maximum Gasteiger partial charge on any atom is 0.261 e. The van der Waals surface area contributed by atoms with Crippen molar-refractivity contribution in [1.82, 2.24) is 29.3 Å². The average Bonchev–Trinajstić information content (AvgIpc) is 3.62. The molecule has 0 unspecified atom stereocenters. The highest BCUT2D eigenvalue weighted by atomic mass is 35.5. The van der Waals surface area contributed by atoms with E-state index < -0.39 is 5.91 Å². The van der Waals surface area contributed by atoms with E-state index in [0.29, 0.717) is 46.5 Å². The summed E-state index contributed by atoms with van der Waals surface area (Å²) in [6, 6.07) is 6.81. The molecule has 1 saturated heterocycles. The topological polar surface area (TPSA) is 127 Å². The van der Waals surface area contributed by atoms with Crippen molar-refractivity contribution in [3.8, 4) is 17.0 Å². The number of hydrogen-bond donors (Lipinski definition) is 2. The van der Waals surface area contributed by atoms with Crippen molar-refractivity contribution in [1.29, 1.82) is 0 Å². The fourth-order valence-electron chi connectivity index (χ4n) is 4.28. The highest BCUT2D eigenvalue weighted by Gasteiger charge is 2.27. The molecule has 0 saturated carbocycles. The number of aliphatic hydroxyl groups excluding tert-OH is 1. The predicted octanol–water partition coefficient (Wildman–Crippen LogP) is 2.35. The van der Waals surface area contributed by atoms with Crippen LogP contribution in [-0.4, -0.2) is 73.0 Å². The summed E-state index contributed by atoms with van der Waals surface area (Å²) in [5.41, 5.74) is 2.03. The molecule has 0 aliphatic carbocycles. The Balaban J connectivity index is 1.48. The van der Waals surface area contributed by atoms with Crippen LogP contribution in [0.2, 0.25) is 5.02 Å². The first-order chi connectivity index (χ1) is 17.5. The molecule has 12 heteroatoms. The standard InChI is InChI=1S/C24H24ClN7O4/c1-36-20-4-3-16(25)9-17(20)22-19(28-24(35)18-10-27-32-7-2-6-26-23(18)32)12-31(29-22)13-21(34)30-8-5-15(11-30)14-33/h2-4,6-7,9-10,12,15,33H,5,8,11,13-14H2,1H3,(H,28,35)/t15-/m1/s1. The van der Waals surface area contributed by atoms with Crippen LogP contribution in [0, 0.1) is 5.92 Å². The summed E-state index contributed by atoms with van der Waals surface area (Å²) < 4.78 is 8.49. The van der Waals surface area contributed by atoms with E-state index in [1.807, 2.05) is 0 Å². The smallest absolute Gasteiger partial charge is 0.261 e. The molecular weight excluding hydrogens is 486 g/mol. The van der Waals surface area contributed by atoms with Crippen molar-refractivity contribution in [2.75, 3.05) is 32.1 Å². The van der Waals surface area contributed by atoms with Crippen LogP contribution in [0.15, 0.2) is 49.1 Å². The van der Waals surface area contributed by atoms with Crippen molar-refractivity contribution >= 4 is 34.7 Å². The van der Waals surface area contributed by atoms with E-state index in [4.69, 9.17) is 16.3 Å². The van der Waals surface area contributed by atoms with E-state index in [1.54, 1.807) is 47.8 Å². The summed E-state index contributed by atoms with van der Waals surface area (Å²) >= 11 is 6.25. The highest BCUT2D eigenvalue weighted by molar-refractivity contribution is 6.31. The van der Waals surface area contributed by atoms with Crippen LogP contribution in [-0.2, 0) is 11.3 Å². The molecule has 3 aromatic heterocycles. The molecule has 1 atom stereocenters. The van der Waals surface area contributed by atoms with E-state index >= 15 is 0 Å². The van der Waals surface area contributed by atoms with Gasteiger partial charge in [0.25, 0.3) is 5.91 Å². The Kier molecular flexibility index (Phi) is 6.57. The SMILES string of the molecule is COc1ccc(Cl)cc1-c1nn(CC(=O)N2CC[C@@H](CO)C2)cc1NC(=O)c1cnn2cccnc12. The maximum atomic E-state index is 13.2. The third-order valence-corrected chi connectivity index (χ3v) is 6.38. The minimum Gasteiger partial charge on any atom is -0.496 e. The number of anilines is 1. The van der Waals surface area contributed by atoms with Crippen molar-refractivity contribution in [3.63, 3.8) is 0 Å². The van der Waals surface area contributed by atoms with E-state index in [-0.39, 0.29) is 30.5 Å². The Hall–Kier alpha value is -3.96. The molecule has 1 aromatic carbocycles. The second kappa shape index (κ2) is 9.96. The van der Waals surface area contributed by atoms with Gasteiger partial charge >= 0.3 is 0 Å². The zero-order chi connectivity index (χ0) is 25.2. The predicted molar refractivity (Wildman–Crippen MR) is 132 cm³/mol. The third-order valence-electron chi connectivity index (χ3n) is 6.14. The number of methoxy groups -OCH3 is 1. The number of likely N-dealkylation sites (tertiary alicyclic amines) is 1. The van der Waals surface area contributed by atoms with Gasteiger partial charge in [0.1, 0.15) is 23.6 Å². The monoisotopic (exact) mass is 509 g/mol. The lowest BCUT2D eigenvalue weighted by Crippen LogP contribution is -2.32. The molecule has 2 amide bonds. The lowest BCUT2D eigenvalue weighted by atomic mass is 10.1. The van der Waals surface area contributed by atoms with Crippen LogP contribution in [0.25, 0.3) is 16.9 Å². The molecule has 5 rings (SSSR count). The minimum absolute atomic E-state index is 0.0256. The number of nitrogens with one attached hydrogen (secondary N) is 1. The zero-order valence-electron chi connectivity index (χ0n) is 19.5. The number of carbonyl (C=O) groups is 2. The molecule has 4 heterocycles. The van der Waals surface area contributed by atoms with E-state index in [1.165, 1.54) is 22.5 Å². The van der Waals surface area contributed by atoms with Gasteiger partial charge in [-0.15, -0.1) is 0 Å².